The van der Waals surface area contributed by atoms with Crippen molar-refractivity contribution in [2.75, 3.05) is 0 Å². The zero-order valence-electron chi connectivity index (χ0n) is 9.54. The van der Waals surface area contributed by atoms with E-state index in [4.69, 9.17) is 39.5 Å². The Bertz CT molecular complexity index is 556. The van der Waals surface area contributed by atoms with Gasteiger partial charge in [-0.15, -0.1) is 22.9 Å². The fourth-order valence-electron chi connectivity index (χ4n) is 1.48. The van der Waals surface area contributed by atoms with Crippen LogP contribution < -0.4 is 4.74 Å². The van der Waals surface area contributed by atoms with Crippen molar-refractivity contribution in [3.05, 3.63) is 43.8 Å². The van der Waals surface area contributed by atoms with Crippen LogP contribution >= 0.6 is 46.1 Å². The normalized spacial score (nSPS) is 10.7. The van der Waals surface area contributed by atoms with Gasteiger partial charge in [0.15, 0.2) is 0 Å². The maximum absolute atomic E-state index is 6.10. The second-order valence-corrected chi connectivity index (χ2v) is 5.73. The van der Waals surface area contributed by atoms with Gasteiger partial charge in [-0.1, -0.05) is 23.2 Å². The topological polar surface area (TPSA) is 22.1 Å². The molecule has 0 bridgehead atoms. The summed E-state index contributed by atoms with van der Waals surface area (Å²) < 4.78 is 5.69. The van der Waals surface area contributed by atoms with Gasteiger partial charge < -0.3 is 4.74 Å². The third-order valence-corrected chi connectivity index (χ3v) is 3.96. The van der Waals surface area contributed by atoms with Crippen LogP contribution in [0.15, 0.2) is 17.5 Å². The molecular formula is C12H10Cl3NOS. The van der Waals surface area contributed by atoms with Crippen LogP contribution in [0, 0.1) is 6.92 Å². The van der Waals surface area contributed by atoms with Gasteiger partial charge in [0.25, 0.3) is 0 Å². The lowest BCUT2D eigenvalue weighted by molar-refractivity contribution is 0.303. The van der Waals surface area contributed by atoms with Crippen LogP contribution in [0.4, 0.5) is 0 Å². The number of aryl methyl sites for hydroxylation is 1. The van der Waals surface area contributed by atoms with Crippen molar-refractivity contribution in [1.29, 1.82) is 0 Å². The SMILES string of the molecule is Cc1csc(COc2c(Cl)cc(Cl)cc2CCl)n1. The smallest absolute Gasteiger partial charge is 0.143 e. The molecule has 0 amide bonds. The molecule has 0 saturated heterocycles. The number of aromatic nitrogens is 1. The Kier molecular flexibility index (Phi) is 4.73. The highest BCUT2D eigenvalue weighted by Crippen LogP contribution is 2.34. The monoisotopic (exact) mass is 321 g/mol. The van der Waals surface area contributed by atoms with Gasteiger partial charge in [-0.25, -0.2) is 4.98 Å². The van der Waals surface area contributed by atoms with Gasteiger partial charge in [0, 0.05) is 21.7 Å². The molecule has 0 radical (unpaired) electrons. The third kappa shape index (κ3) is 3.29. The Morgan fingerprint density at radius 2 is 2.11 bits per heavy atom. The zero-order chi connectivity index (χ0) is 13.1. The molecule has 0 aliphatic carbocycles. The van der Waals surface area contributed by atoms with Gasteiger partial charge >= 0.3 is 0 Å². The van der Waals surface area contributed by atoms with E-state index >= 15 is 0 Å². The summed E-state index contributed by atoms with van der Waals surface area (Å²) in [6.07, 6.45) is 0. The molecule has 2 nitrogen and oxygen atoms in total. The molecule has 0 atom stereocenters. The number of halogens is 3. The Morgan fingerprint density at radius 3 is 2.72 bits per heavy atom. The summed E-state index contributed by atoms with van der Waals surface area (Å²) in [5.74, 6) is 0.871. The maximum atomic E-state index is 6.10. The van der Waals surface area contributed by atoms with E-state index in [2.05, 4.69) is 4.98 Å². The average Bonchev–Trinajstić information content (AvgIpc) is 2.73. The van der Waals surface area contributed by atoms with Crippen molar-refractivity contribution in [3.8, 4) is 5.75 Å². The molecule has 0 N–H and O–H groups in total. The number of nitrogens with zero attached hydrogens (tertiary/aromatic N) is 1. The van der Waals surface area contributed by atoms with Crippen LogP contribution in [-0.4, -0.2) is 4.98 Å². The van der Waals surface area contributed by atoms with E-state index in [-0.39, 0.29) is 0 Å². The van der Waals surface area contributed by atoms with E-state index in [1.807, 2.05) is 12.3 Å². The van der Waals surface area contributed by atoms with Gasteiger partial charge in [0.1, 0.15) is 17.4 Å². The minimum Gasteiger partial charge on any atom is -0.485 e. The molecule has 18 heavy (non-hydrogen) atoms. The molecular weight excluding hydrogens is 313 g/mol. The Labute approximate surface area is 124 Å². The summed E-state index contributed by atoms with van der Waals surface area (Å²) in [6, 6.07) is 3.39. The Balaban J connectivity index is 2.18. The predicted molar refractivity (Wildman–Crippen MR) is 77.2 cm³/mol. The van der Waals surface area contributed by atoms with Crippen molar-refractivity contribution in [3.63, 3.8) is 0 Å². The summed E-state index contributed by atoms with van der Waals surface area (Å²) in [5, 5.41) is 3.89. The van der Waals surface area contributed by atoms with Crippen molar-refractivity contribution in [2.24, 2.45) is 0 Å². The van der Waals surface area contributed by atoms with Crippen molar-refractivity contribution in [1.82, 2.24) is 4.98 Å². The van der Waals surface area contributed by atoms with E-state index in [1.54, 1.807) is 23.5 Å². The lowest BCUT2D eigenvalue weighted by atomic mass is 10.2. The van der Waals surface area contributed by atoms with Gasteiger partial charge in [-0.05, 0) is 19.1 Å². The summed E-state index contributed by atoms with van der Waals surface area (Å²) in [7, 11) is 0. The van der Waals surface area contributed by atoms with Crippen LogP contribution in [0.3, 0.4) is 0 Å². The summed E-state index contributed by atoms with van der Waals surface area (Å²) >= 11 is 19.4. The highest BCUT2D eigenvalue weighted by molar-refractivity contribution is 7.09. The third-order valence-electron chi connectivity index (χ3n) is 2.24. The molecule has 2 aromatic rings. The molecule has 0 aliphatic heterocycles. The second-order valence-electron chi connectivity index (χ2n) is 3.68. The van der Waals surface area contributed by atoms with Crippen molar-refractivity contribution >= 4 is 46.1 Å². The van der Waals surface area contributed by atoms with Crippen molar-refractivity contribution in [2.45, 2.75) is 19.4 Å². The molecule has 0 spiro atoms. The highest BCUT2D eigenvalue weighted by atomic mass is 35.5. The molecule has 2 rings (SSSR count). The molecule has 6 heteroatoms. The maximum Gasteiger partial charge on any atom is 0.143 e. The summed E-state index contributed by atoms with van der Waals surface area (Å²) in [4.78, 5) is 4.32. The number of hydrogen-bond donors (Lipinski definition) is 0. The molecule has 0 unspecified atom stereocenters. The fraction of sp³-hybridized carbons (Fsp3) is 0.250. The zero-order valence-corrected chi connectivity index (χ0v) is 12.6. The number of benzene rings is 1. The Morgan fingerprint density at radius 1 is 1.33 bits per heavy atom. The number of ether oxygens (including phenoxy) is 1. The van der Waals surface area contributed by atoms with Crippen LogP contribution in [0.5, 0.6) is 5.75 Å². The van der Waals surface area contributed by atoms with Gasteiger partial charge in [0.05, 0.1) is 10.9 Å². The standard InChI is InChI=1S/C12H10Cl3NOS/c1-7-6-18-11(16-7)5-17-12-8(4-13)2-9(14)3-10(12)15/h2-3,6H,4-5H2,1H3. The first-order valence-electron chi connectivity index (χ1n) is 5.18. The molecule has 0 fully saturated rings. The first kappa shape index (κ1) is 13.9. The van der Waals surface area contributed by atoms with E-state index in [1.165, 1.54) is 0 Å². The first-order chi connectivity index (χ1) is 8.60. The van der Waals surface area contributed by atoms with E-state index in [0.29, 0.717) is 28.3 Å². The number of hydrogen-bond acceptors (Lipinski definition) is 3. The van der Waals surface area contributed by atoms with Crippen LogP contribution in [0.2, 0.25) is 10.0 Å². The van der Waals surface area contributed by atoms with E-state index in [9.17, 15) is 0 Å². The molecule has 1 aromatic carbocycles. The number of rotatable bonds is 4. The summed E-state index contributed by atoms with van der Waals surface area (Å²) in [6.45, 7) is 2.32. The average molecular weight is 323 g/mol. The largest absolute Gasteiger partial charge is 0.485 e. The van der Waals surface area contributed by atoms with Crippen LogP contribution in [0.1, 0.15) is 16.3 Å². The quantitative estimate of drug-likeness (QED) is 0.733. The molecule has 96 valence electrons. The summed E-state index contributed by atoms with van der Waals surface area (Å²) in [5.41, 5.74) is 1.76. The molecule has 1 aromatic heterocycles. The molecule has 0 aliphatic rings. The first-order valence-corrected chi connectivity index (χ1v) is 7.35. The molecule has 1 heterocycles. The number of thiazole rings is 1. The van der Waals surface area contributed by atoms with Crippen LogP contribution in [-0.2, 0) is 12.5 Å². The Hall–Kier alpha value is -0.480. The lowest BCUT2D eigenvalue weighted by Crippen LogP contribution is -1.98. The van der Waals surface area contributed by atoms with Crippen LogP contribution in [0.25, 0.3) is 0 Å². The predicted octanol–water partition coefficient (Wildman–Crippen LogP) is 5.08. The van der Waals surface area contributed by atoms with Gasteiger partial charge in [0.2, 0.25) is 0 Å². The minimum absolute atomic E-state index is 0.298. The van der Waals surface area contributed by atoms with Gasteiger partial charge in [-0.3, -0.25) is 0 Å². The van der Waals surface area contributed by atoms with E-state index in [0.717, 1.165) is 16.3 Å². The number of alkyl halides is 1. The minimum atomic E-state index is 0.298. The second kappa shape index (κ2) is 6.11. The van der Waals surface area contributed by atoms with Gasteiger partial charge in [-0.2, -0.15) is 0 Å². The lowest BCUT2D eigenvalue weighted by Gasteiger charge is -2.11. The fourth-order valence-corrected chi connectivity index (χ4v) is 2.95. The van der Waals surface area contributed by atoms with E-state index < -0.39 is 0 Å². The molecule has 0 saturated carbocycles. The van der Waals surface area contributed by atoms with Crippen molar-refractivity contribution < 1.29 is 4.74 Å². The highest BCUT2D eigenvalue weighted by Gasteiger charge is 2.11.